The van der Waals surface area contributed by atoms with Crippen LogP contribution in [0.5, 0.6) is 0 Å². The lowest BCUT2D eigenvalue weighted by molar-refractivity contribution is 0.0896. The lowest BCUT2D eigenvalue weighted by Crippen LogP contribution is -2.27. The molecule has 1 aromatic carbocycles. The molecule has 0 heterocycles. The van der Waals surface area contributed by atoms with Gasteiger partial charge >= 0.3 is 0 Å². The summed E-state index contributed by atoms with van der Waals surface area (Å²) in [5.74, 6) is 0. The van der Waals surface area contributed by atoms with Crippen molar-refractivity contribution in [3.05, 3.63) is 34.9 Å². The van der Waals surface area contributed by atoms with Crippen LogP contribution in [-0.2, 0) is 4.74 Å². The van der Waals surface area contributed by atoms with Gasteiger partial charge in [-0.25, -0.2) is 0 Å². The predicted octanol–water partition coefficient (Wildman–Crippen LogP) is 4.80. The lowest BCUT2D eigenvalue weighted by atomic mass is 9.93. The van der Waals surface area contributed by atoms with Gasteiger partial charge in [-0.15, -0.1) is 0 Å². The third-order valence-electron chi connectivity index (χ3n) is 3.72. The Kier molecular flexibility index (Phi) is 7.41. The maximum atomic E-state index is 5.95. The highest BCUT2D eigenvalue weighted by atomic mass is 16.5. The molecule has 0 saturated heterocycles. The molecule has 0 aliphatic carbocycles. The Morgan fingerprint density at radius 2 is 1.90 bits per heavy atom. The molecule has 0 spiro atoms. The van der Waals surface area contributed by atoms with Gasteiger partial charge in [0.1, 0.15) is 0 Å². The van der Waals surface area contributed by atoms with Gasteiger partial charge in [-0.3, -0.25) is 0 Å². The SMILES string of the molecule is CCCNC(COCCC(C)(C)C)c1ccc(C)cc1C. The maximum absolute atomic E-state index is 5.95. The van der Waals surface area contributed by atoms with Crippen LogP contribution in [0.2, 0.25) is 0 Å². The summed E-state index contributed by atoms with van der Waals surface area (Å²) in [4.78, 5) is 0. The van der Waals surface area contributed by atoms with E-state index in [0.29, 0.717) is 11.5 Å². The molecular weight excluding hydrogens is 258 g/mol. The van der Waals surface area contributed by atoms with Gasteiger partial charge in [0.15, 0.2) is 0 Å². The smallest absolute Gasteiger partial charge is 0.0661 e. The summed E-state index contributed by atoms with van der Waals surface area (Å²) < 4.78 is 5.95. The van der Waals surface area contributed by atoms with E-state index in [0.717, 1.165) is 32.6 Å². The minimum absolute atomic E-state index is 0.297. The van der Waals surface area contributed by atoms with E-state index >= 15 is 0 Å². The van der Waals surface area contributed by atoms with Crippen molar-refractivity contribution in [1.29, 1.82) is 0 Å². The lowest BCUT2D eigenvalue weighted by Gasteiger charge is -2.23. The van der Waals surface area contributed by atoms with Gasteiger partial charge in [0, 0.05) is 6.61 Å². The first-order valence-corrected chi connectivity index (χ1v) is 8.22. The Morgan fingerprint density at radius 3 is 2.48 bits per heavy atom. The van der Waals surface area contributed by atoms with Crippen LogP contribution in [0.1, 0.15) is 63.3 Å². The zero-order valence-electron chi connectivity index (χ0n) is 14.8. The van der Waals surface area contributed by atoms with Crippen LogP contribution >= 0.6 is 0 Å². The molecule has 120 valence electrons. The largest absolute Gasteiger partial charge is 0.379 e. The molecule has 2 heteroatoms. The molecule has 1 aromatic rings. The highest BCUT2D eigenvalue weighted by Crippen LogP contribution is 2.21. The van der Waals surface area contributed by atoms with E-state index in [1.54, 1.807) is 0 Å². The fraction of sp³-hybridized carbons (Fsp3) is 0.684. The Morgan fingerprint density at radius 1 is 1.19 bits per heavy atom. The van der Waals surface area contributed by atoms with Crippen LogP contribution < -0.4 is 5.32 Å². The molecule has 1 N–H and O–H groups in total. The van der Waals surface area contributed by atoms with E-state index in [2.05, 4.69) is 65.1 Å². The van der Waals surface area contributed by atoms with Crippen molar-refractivity contribution in [2.75, 3.05) is 19.8 Å². The summed E-state index contributed by atoms with van der Waals surface area (Å²) in [6.07, 6.45) is 2.24. The fourth-order valence-corrected chi connectivity index (χ4v) is 2.37. The van der Waals surface area contributed by atoms with E-state index in [4.69, 9.17) is 4.74 Å². The Bertz CT molecular complexity index is 420. The summed E-state index contributed by atoms with van der Waals surface area (Å²) in [5.41, 5.74) is 4.37. The molecule has 0 amide bonds. The van der Waals surface area contributed by atoms with Gasteiger partial charge in [0.25, 0.3) is 0 Å². The van der Waals surface area contributed by atoms with Crippen molar-refractivity contribution >= 4 is 0 Å². The highest BCUT2D eigenvalue weighted by molar-refractivity contribution is 5.32. The number of nitrogens with one attached hydrogen (secondary N) is 1. The molecule has 2 nitrogen and oxygen atoms in total. The normalized spacial score (nSPS) is 13.4. The molecule has 0 aliphatic heterocycles. The van der Waals surface area contributed by atoms with Crippen LogP contribution in [0.4, 0.5) is 0 Å². The Labute approximate surface area is 131 Å². The summed E-state index contributed by atoms with van der Waals surface area (Å²) in [5, 5.41) is 3.62. The van der Waals surface area contributed by atoms with Gasteiger partial charge in [0.05, 0.1) is 12.6 Å². The molecule has 0 bridgehead atoms. The number of aryl methyl sites for hydroxylation is 2. The summed E-state index contributed by atoms with van der Waals surface area (Å²) >= 11 is 0. The third-order valence-corrected chi connectivity index (χ3v) is 3.72. The second-order valence-corrected chi connectivity index (χ2v) is 7.25. The van der Waals surface area contributed by atoms with Crippen molar-refractivity contribution in [3.8, 4) is 0 Å². The first-order valence-electron chi connectivity index (χ1n) is 8.22. The number of rotatable bonds is 8. The summed E-state index contributed by atoms with van der Waals surface area (Å²) in [7, 11) is 0. The number of hydrogen-bond donors (Lipinski definition) is 1. The van der Waals surface area contributed by atoms with Gasteiger partial charge in [-0.05, 0) is 49.8 Å². The second kappa shape index (κ2) is 8.55. The molecule has 0 fully saturated rings. The van der Waals surface area contributed by atoms with E-state index in [1.807, 2.05) is 0 Å². The van der Waals surface area contributed by atoms with Gasteiger partial charge in [-0.2, -0.15) is 0 Å². The molecule has 1 unspecified atom stereocenters. The summed E-state index contributed by atoms with van der Waals surface area (Å²) in [6, 6.07) is 6.99. The third kappa shape index (κ3) is 7.10. The topological polar surface area (TPSA) is 21.3 Å². The standard InChI is InChI=1S/C19H33NO/c1-7-11-20-18(14-21-12-10-19(4,5)6)17-9-8-15(2)13-16(17)3/h8-9,13,18,20H,7,10-12,14H2,1-6H3. The number of benzene rings is 1. The Hall–Kier alpha value is -0.860. The molecule has 0 aliphatic rings. The van der Waals surface area contributed by atoms with E-state index in [-0.39, 0.29) is 0 Å². The van der Waals surface area contributed by atoms with Gasteiger partial charge in [-0.1, -0.05) is 51.5 Å². The average Bonchev–Trinajstić information content (AvgIpc) is 2.38. The predicted molar refractivity (Wildman–Crippen MR) is 91.8 cm³/mol. The first-order chi connectivity index (χ1) is 9.83. The number of ether oxygens (including phenoxy) is 1. The molecule has 1 rings (SSSR count). The second-order valence-electron chi connectivity index (χ2n) is 7.25. The van der Waals surface area contributed by atoms with Crippen molar-refractivity contribution < 1.29 is 4.74 Å². The maximum Gasteiger partial charge on any atom is 0.0661 e. The molecule has 1 atom stereocenters. The van der Waals surface area contributed by atoms with Crippen LogP contribution in [0.25, 0.3) is 0 Å². The van der Waals surface area contributed by atoms with E-state index < -0.39 is 0 Å². The minimum atomic E-state index is 0.297. The van der Waals surface area contributed by atoms with Crippen LogP contribution in [-0.4, -0.2) is 19.8 Å². The van der Waals surface area contributed by atoms with Gasteiger partial charge < -0.3 is 10.1 Å². The van der Waals surface area contributed by atoms with Crippen LogP contribution in [0, 0.1) is 19.3 Å². The van der Waals surface area contributed by atoms with Crippen molar-refractivity contribution in [3.63, 3.8) is 0 Å². The average molecular weight is 291 g/mol. The fourth-order valence-electron chi connectivity index (χ4n) is 2.37. The minimum Gasteiger partial charge on any atom is -0.379 e. The molecular formula is C19H33NO. The number of hydrogen-bond acceptors (Lipinski definition) is 2. The molecule has 0 saturated carbocycles. The van der Waals surface area contributed by atoms with Crippen LogP contribution in [0.3, 0.4) is 0 Å². The van der Waals surface area contributed by atoms with E-state index in [9.17, 15) is 0 Å². The summed E-state index contributed by atoms with van der Waals surface area (Å²) in [6.45, 7) is 15.9. The Balaban J connectivity index is 2.63. The zero-order chi connectivity index (χ0) is 15.9. The zero-order valence-corrected chi connectivity index (χ0v) is 14.8. The highest BCUT2D eigenvalue weighted by Gasteiger charge is 2.15. The van der Waals surface area contributed by atoms with E-state index in [1.165, 1.54) is 16.7 Å². The molecule has 21 heavy (non-hydrogen) atoms. The molecule has 0 aromatic heterocycles. The monoisotopic (exact) mass is 291 g/mol. The van der Waals surface area contributed by atoms with Crippen molar-refractivity contribution in [2.45, 2.75) is 60.4 Å². The van der Waals surface area contributed by atoms with Gasteiger partial charge in [0.2, 0.25) is 0 Å². The van der Waals surface area contributed by atoms with Crippen molar-refractivity contribution in [1.82, 2.24) is 5.32 Å². The first kappa shape index (κ1) is 18.2. The quantitative estimate of drug-likeness (QED) is 0.695. The van der Waals surface area contributed by atoms with Crippen molar-refractivity contribution in [2.24, 2.45) is 5.41 Å². The van der Waals surface area contributed by atoms with Crippen LogP contribution in [0.15, 0.2) is 18.2 Å². The molecule has 0 radical (unpaired) electrons.